The Hall–Kier alpha value is -2.82. The minimum absolute atomic E-state index is 0.0897. The van der Waals surface area contributed by atoms with Crippen LogP contribution in [0.25, 0.3) is 0 Å². The minimum atomic E-state index is -0.314. The van der Waals surface area contributed by atoms with Crippen molar-refractivity contribution in [2.75, 3.05) is 13.2 Å². The van der Waals surface area contributed by atoms with Crippen molar-refractivity contribution in [2.45, 2.75) is 33.6 Å². The van der Waals surface area contributed by atoms with E-state index in [0.717, 1.165) is 28.2 Å². The van der Waals surface area contributed by atoms with E-state index in [1.54, 1.807) is 6.21 Å². The number of benzene rings is 2. The number of hydrogen-bond donors (Lipinski definition) is 1. The SMILES string of the molecule is CCOc1ccccc1C=NNC(=O)COc1cc(C)ccc1C(C)C. The summed E-state index contributed by atoms with van der Waals surface area (Å²) in [6, 6.07) is 13.5. The molecule has 0 radical (unpaired) electrons. The molecular formula is C21H26N2O3. The van der Waals surface area contributed by atoms with E-state index in [1.165, 1.54) is 0 Å². The van der Waals surface area contributed by atoms with Crippen molar-refractivity contribution < 1.29 is 14.3 Å². The number of ether oxygens (including phenoxy) is 2. The van der Waals surface area contributed by atoms with E-state index < -0.39 is 0 Å². The largest absolute Gasteiger partial charge is 0.493 e. The van der Waals surface area contributed by atoms with Crippen molar-refractivity contribution in [3.63, 3.8) is 0 Å². The normalized spacial score (nSPS) is 11.0. The van der Waals surface area contributed by atoms with Gasteiger partial charge in [-0.3, -0.25) is 4.79 Å². The molecule has 0 heterocycles. The van der Waals surface area contributed by atoms with Crippen LogP contribution in [0.5, 0.6) is 11.5 Å². The fraction of sp³-hybridized carbons (Fsp3) is 0.333. The van der Waals surface area contributed by atoms with Gasteiger partial charge in [-0.05, 0) is 49.1 Å². The molecule has 5 heteroatoms. The number of aryl methyl sites for hydroxylation is 1. The Morgan fingerprint density at radius 1 is 1.15 bits per heavy atom. The third-order valence-electron chi connectivity index (χ3n) is 3.76. The van der Waals surface area contributed by atoms with Gasteiger partial charge in [0.25, 0.3) is 5.91 Å². The van der Waals surface area contributed by atoms with Crippen LogP contribution in [0.4, 0.5) is 0 Å². The van der Waals surface area contributed by atoms with E-state index in [9.17, 15) is 4.79 Å². The quantitative estimate of drug-likeness (QED) is 0.575. The average Bonchev–Trinajstić information content (AvgIpc) is 2.61. The molecule has 0 spiro atoms. The van der Waals surface area contributed by atoms with E-state index in [-0.39, 0.29) is 12.5 Å². The maximum Gasteiger partial charge on any atom is 0.277 e. The summed E-state index contributed by atoms with van der Waals surface area (Å²) in [6.07, 6.45) is 1.56. The van der Waals surface area contributed by atoms with Crippen molar-refractivity contribution >= 4 is 12.1 Å². The summed E-state index contributed by atoms with van der Waals surface area (Å²) in [5.74, 6) is 1.47. The van der Waals surface area contributed by atoms with Gasteiger partial charge >= 0.3 is 0 Å². The predicted octanol–water partition coefficient (Wildman–Crippen LogP) is 4.05. The number of nitrogens with zero attached hydrogens (tertiary/aromatic N) is 1. The van der Waals surface area contributed by atoms with Crippen molar-refractivity contribution in [1.82, 2.24) is 5.43 Å². The summed E-state index contributed by atoms with van der Waals surface area (Å²) in [5, 5.41) is 3.99. The van der Waals surface area contributed by atoms with Crippen LogP contribution in [0.2, 0.25) is 0 Å². The lowest BCUT2D eigenvalue weighted by Gasteiger charge is -2.14. The third-order valence-corrected chi connectivity index (χ3v) is 3.76. The monoisotopic (exact) mass is 354 g/mol. The molecule has 0 aliphatic heterocycles. The molecule has 0 aliphatic rings. The van der Waals surface area contributed by atoms with Crippen LogP contribution in [0.1, 0.15) is 43.4 Å². The van der Waals surface area contributed by atoms with Gasteiger partial charge in [-0.1, -0.05) is 38.1 Å². The second-order valence-corrected chi connectivity index (χ2v) is 6.25. The van der Waals surface area contributed by atoms with Gasteiger partial charge in [-0.25, -0.2) is 5.43 Å². The van der Waals surface area contributed by atoms with E-state index in [0.29, 0.717) is 12.5 Å². The number of amides is 1. The topological polar surface area (TPSA) is 59.9 Å². The molecule has 0 atom stereocenters. The Balaban J connectivity index is 1.93. The summed E-state index contributed by atoms with van der Waals surface area (Å²) in [6.45, 7) is 8.59. The maximum absolute atomic E-state index is 12.0. The summed E-state index contributed by atoms with van der Waals surface area (Å²) >= 11 is 0. The smallest absolute Gasteiger partial charge is 0.277 e. The molecule has 1 amide bonds. The summed E-state index contributed by atoms with van der Waals surface area (Å²) in [4.78, 5) is 12.0. The first-order chi connectivity index (χ1) is 12.5. The lowest BCUT2D eigenvalue weighted by atomic mass is 10.0. The molecule has 0 bridgehead atoms. The Morgan fingerprint density at radius 3 is 2.65 bits per heavy atom. The number of carbonyl (C=O) groups excluding carboxylic acids is 1. The Labute approximate surface area is 155 Å². The van der Waals surface area contributed by atoms with Gasteiger partial charge in [0.05, 0.1) is 12.8 Å². The van der Waals surface area contributed by atoms with Gasteiger partial charge in [-0.2, -0.15) is 5.10 Å². The summed E-state index contributed by atoms with van der Waals surface area (Å²) in [7, 11) is 0. The molecule has 0 fully saturated rings. The lowest BCUT2D eigenvalue weighted by molar-refractivity contribution is -0.123. The van der Waals surface area contributed by atoms with Crippen LogP contribution < -0.4 is 14.9 Å². The van der Waals surface area contributed by atoms with E-state index in [4.69, 9.17) is 9.47 Å². The minimum Gasteiger partial charge on any atom is -0.493 e. The number of carbonyl (C=O) groups is 1. The number of para-hydroxylation sites is 1. The van der Waals surface area contributed by atoms with Gasteiger partial charge in [0.1, 0.15) is 11.5 Å². The molecule has 2 rings (SSSR count). The molecule has 0 aliphatic carbocycles. The van der Waals surface area contributed by atoms with Crippen LogP contribution in [0.3, 0.4) is 0 Å². The number of rotatable bonds is 8. The molecule has 5 nitrogen and oxygen atoms in total. The molecule has 2 aromatic rings. The van der Waals surface area contributed by atoms with Gasteiger partial charge in [0.15, 0.2) is 6.61 Å². The van der Waals surface area contributed by atoms with Gasteiger partial charge < -0.3 is 9.47 Å². The molecule has 26 heavy (non-hydrogen) atoms. The fourth-order valence-electron chi connectivity index (χ4n) is 2.47. The Morgan fingerprint density at radius 2 is 1.92 bits per heavy atom. The highest BCUT2D eigenvalue weighted by atomic mass is 16.5. The molecule has 0 saturated carbocycles. The van der Waals surface area contributed by atoms with Crippen LogP contribution in [0.15, 0.2) is 47.6 Å². The van der Waals surface area contributed by atoms with Gasteiger partial charge in [0, 0.05) is 5.56 Å². The molecule has 2 aromatic carbocycles. The summed E-state index contributed by atoms with van der Waals surface area (Å²) < 4.78 is 11.2. The fourth-order valence-corrected chi connectivity index (χ4v) is 2.47. The molecular weight excluding hydrogens is 328 g/mol. The zero-order valence-corrected chi connectivity index (χ0v) is 15.8. The highest BCUT2D eigenvalue weighted by Crippen LogP contribution is 2.27. The van der Waals surface area contributed by atoms with Gasteiger partial charge in [0.2, 0.25) is 0 Å². The highest BCUT2D eigenvalue weighted by molar-refractivity contribution is 5.85. The lowest BCUT2D eigenvalue weighted by Crippen LogP contribution is -2.25. The second-order valence-electron chi connectivity index (χ2n) is 6.25. The second kappa shape index (κ2) is 9.61. The number of nitrogens with one attached hydrogen (secondary N) is 1. The van der Waals surface area contributed by atoms with Crippen molar-refractivity contribution in [2.24, 2.45) is 5.10 Å². The first-order valence-electron chi connectivity index (χ1n) is 8.78. The molecule has 0 aromatic heterocycles. The molecule has 138 valence electrons. The zero-order valence-electron chi connectivity index (χ0n) is 15.8. The van der Waals surface area contributed by atoms with E-state index >= 15 is 0 Å². The van der Waals surface area contributed by atoms with E-state index in [2.05, 4.69) is 24.4 Å². The Bertz CT molecular complexity index is 770. The van der Waals surface area contributed by atoms with Crippen LogP contribution >= 0.6 is 0 Å². The van der Waals surface area contributed by atoms with Gasteiger partial charge in [-0.15, -0.1) is 0 Å². The zero-order chi connectivity index (χ0) is 18.9. The van der Waals surface area contributed by atoms with Crippen LogP contribution in [-0.4, -0.2) is 25.3 Å². The van der Waals surface area contributed by atoms with Crippen LogP contribution in [-0.2, 0) is 4.79 Å². The van der Waals surface area contributed by atoms with Crippen molar-refractivity contribution in [1.29, 1.82) is 0 Å². The standard InChI is InChI=1S/C21H26N2O3/c1-5-25-19-9-7-6-8-17(19)13-22-23-21(24)14-26-20-12-16(4)10-11-18(20)15(2)3/h6-13,15H,5,14H2,1-4H3,(H,23,24). The molecule has 0 unspecified atom stereocenters. The third kappa shape index (κ3) is 5.62. The first kappa shape index (κ1) is 19.5. The van der Waals surface area contributed by atoms with Crippen molar-refractivity contribution in [3.05, 3.63) is 59.2 Å². The average molecular weight is 354 g/mol. The van der Waals surface area contributed by atoms with Crippen molar-refractivity contribution in [3.8, 4) is 11.5 Å². The maximum atomic E-state index is 12.0. The Kier molecular flexibility index (Phi) is 7.21. The predicted molar refractivity (Wildman–Crippen MR) is 104 cm³/mol. The molecule has 0 saturated heterocycles. The van der Waals surface area contributed by atoms with E-state index in [1.807, 2.05) is 56.3 Å². The molecule has 1 N–H and O–H groups in total. The number of hydrogen-bond acceptors (Lipinski definition) is 4. The first-order valence-corrected chi connectivity index (χ1v) is 8.78. The number of hydrazone groups is 1. The highest BCUT2D eigenvalue weighted by Gasteiger charge is 2.10. The van der Waals surface area contributed by atoms with Crippen LogP contribution in [0, 0.1) is 6.92 Å². The summed E-state index contributed by atoms with van der Waals surface area (Å²) in [5.41, 5.74) is 5.46.